The molecule has 4 aromatic rings. The van der Waals surface area contributed by atoms with E-state index in [2.05, 4.69) is 20.2 Å². The smallest absolute Gasteiger partial charge is 0.461 e. The quantitative estimate of drug-likeness (QED) is 0.460. The van der Waals surface area contributed by atoms with Crippen LogP contribution in [-0.2, 0) is 6.42 Å². The maximum absolute atomic E-state index is 12.5. The number of furan rings is 1. The average molecular weight is 429 g/mol. The number of carbonyl (C=O) groups is 1. The molecular weight excluding hydrogens is 415 g/mol. The fourth-order valence-electron chi connectivity index (χ4n) is 2.79. The summed E-state index contributed by atoms with van der Waals surface area (Å²) in [4.78, 5) is 16.8. The summed E-state index contributed by atoms with van der Waals surface area (Å²) < 4.78 is 51.1. The van der Waals surface area contributed by atoms with Crippen molar-refractivity contribution in [3.8, 4) is 17.3 Å². The van der Waals surface area contributed by atoms with Gasteiger partial charge in [0.2, 0.25) is 11.7 Å². The van der Waals surface area contributed by atoms with Crippen LogP contribution >= 0.6 is 0 Å². The molecule has 7 nitrogen and oxygen atoms in total. The number of ether oxygens (including phenoxy) is 1. The number of halogens is 3. The highest BCUT2D eigenvalue weighted by molar-refractivity contribution is 6.04. The van der Waals surface area contributed by atoms with Crippen LogP contribution in [0.15, 0.2) is 75.9 Å². The summed E-state index contributed by atoms with van der Waals surface area (Å²) in [5.41, 5.74) is 1.38. The molecule has 0 fully saturated rings. The van der Waals surface area contributed by atoms with Gasteiger partial charge in [-0.15, -0.1) is 13.2 Å². The van der Waals surface area contributed by atoms with Crippen molar-refractivity contribution in [2.24, 2.45) is 0 Å². The first-order chi connectivity index (χ1) is 14.9. The second-order valence-electron chi connectivity index (χ2n) is 6.35. The predicted octanol–water partition coefficient (Wildman–Crippen LogP) is 5.07. The zero-order valence-corrected chi connectivity index (χ0v) is 15.7. The number of amides is 1. The van der Waals surface area contributed by atoms with E-state index in [0.717, 1.165) is 12.1 Å². The third-order valence-electron chi connectivity index (χ3n) is 4.17. The number of rotatable bonds is 6. The molecule has 0 bridgehead atoms. The van der Waals surface area contributed by atoms with Crippen LogP contribution in [0.4, 0.5) is 18.9 Å². The molecule has 0 saturated carbocycles. The number of para-hydroxylation sites is 1. The molecule has 10 heteroatoms. The maximum Gasteiger partial charge on any atom is 0.573 e. The molecule has 158 valence electrons. The Hall–Kier alpha value is -4.08. The molecule has 0 unspecified atom stereocenters. The van der Waals surface area contributed by atoms with E-state index in [1.807, 2.05) is 0 Å². The van der Waals surface area contributed by atoms with E-state index < -0.39 is 18.0 Å². The monoisotopic (exact) mass is 429 g/mol. The summed E-state index contributed by atoms with van der Waals surface area (Å²) >= 11 is 0. The van der Waals surface area contributed by atoms with Crippen LogP contribution in [0.1, 0.15) is 21.8 Å². The van der Waals surface area contributed by atoms with Gasteiger partial charge in [0.1, 0.15) is 5.75 Å². The molecule has 2 heterocycles. The number of alkyl halides is 3. The van der Waals surface area contributed by atoms with Crippen LogP contribution in [0, 0.1) is 0 Å². The molecule has 0 atom stereocenters. The zero-order chi connectivity index (χ0) is 21.8. The summed E-state index contributed by atoms with van der Waals surface area (Å²) in [6.45, 7) is 0. The Morgan fingerprint density at radius 3 is 2.52 bits per heavy atom. The van der Waals surface area contributed by atoms with Gasteiger partial charge in [-0.05, 0) is 48.0 Å². The SMILES string of the molecule is O=C(Nc1ccccc1Cc1nc(-c2ccco2)no1)c1ccc(OC(F)(F)F)cc1. The van der Waals surface area contributed by atoms with Crippen molar-refractivity contribution in [1.82, 2.24) is 10.1 Å². The zero-order valence-electron chi connectivity index (χ0n) is 15.7. The number of hydrogen-bond donors (Lipinski definition) is 1. The fourth-order valence-corrected chi connectivity index (χ4v) is 2.79. The Morgan fingerprint density at radius 2 is 1.81 bits per heavy atom. The first-order valence-corrected chi connectivity index (χ1v) is 8.99. The van der Waals surface area contributed by atoms with E-state index in [-0.39, 0.29) is 12.0 Å². The van der Waals surface area contributed by atoms with Gasteiger partial charge in [-0.3, -0.25) is 4.79 Å². The number of anilines is 1. The third-order valence-corrected chi connectivity index (χ3v) is 4.17. The molecule has 1 amide bonds. The molecule has 0 aliphatic carbocycles. The van der Waals surface area contributed by atoms with Gasteiger partial charge >= 0.3 is 6.36 Å². The van der Waals surface area contributed by atoms with Crippen molar-refractivity contribution in [3.63, 3.8) is 0 Å². The molecule has 2 aromatic carbocycles. The molecule has 2 aromatic heterocycles. The van der Waals surface area contributed by atoms with Crippen molar-refractivity contribution in [1.29, 1.82) is 0 Å². The minimum atomic E-state index is -4.80. The third kappa shape index (κ3) is 5.10. The van der Waals surface area contributed by atoms with Crippen LogP contribution < -0.4 is 10.1 Å². The molecule has 0 spiro atoms. The van der Waals surface area contributed by atoms with Crippen LogP contribution in [0.2, 0.25) is 0 Å². The second kappa shape index (κ2) is 8.34. The number of carbonyl (C=O) groups excluding carboxylic acids is 1. The molecular formula is C21H14F3N3O4. The highest BCUT2D eigenvalue weighted by atomic mass is 19.4. The lowest BCUT2D eigenvalue weighted by molar-refractivity contribution is -0.274. The van der Waals surface area contributed by atoms with Crippen LogP contribution in [0.25, 0.3) is 11.6 Å². The first-order valence-electron chi connectivity index (χ1n) is 8.99. The number of hydrogen-bond acceptors (Lipinski definition) is 6. The van der Waals surface area contributed by atoms with Crippen LogP contribution in [0.5, 0.6) is 5.75 Å². The Labute approximate surface area is 173 Å². The first kappa shape index (κ1) is 20.2. The van der Waals surface area contributed by atoms with E-state index in [4.69, 9.17) is 8.94 Å². The van der Waals surface area contributed by atoms with E-state index in [1.54, 1.807) is 36.4 Å². The minimum Gasteiger partial charge on any atom is -0.461 e. The number of benzene rings is 2. The van der Waals surface area contributed by atoms with E-state index >= 15 is 0 Å². The lowest BCUT2D eigenvalue weighted by atomic mass is 10.1. The minimum absolute atomic E-state index is 0.169. The van der Waals surface area contributed by atoms with Crippen molar-refractivity contribution < 1.29 is 31.6 Å². The van der Waals surface area contributed by atoms with Gasteiger partial charge in [-0.2, -0.15) is 4.98 Å². The highest BCUT2D eigenvalue weighted by Crippen LogP contribution is 2.24. The highest BCUT2D eigenvalue weighted by Gasteiger charge is 2.31. The lowest BCUT2D eigenvalue weighted by Crippen LogP contribution is -2.17. The lowest BCUT2D eigenvalue weighted by Gasteiger charge is -2.11. The predicted molar refractivity (Wildman–Crippen MR) is 102 cm³/mol. The topological polar surface area (TPSA) is 90.4 Å². The van der Waals surface area contributed by atoms with Gasteiger partial charge in [0.05, 0.1) is 12.7 Å². The summed E-state index contributed by atoms with van der Waals surface area (Å²) in [5, 5.41) is 6.61. The Morgan fingerprint density at radius 1 is 1.03 bits per heavy atom. The van der Waals surface area contributed by atoms with Gasteiger partial charge < -0.3 is 19.0 Å². The largest absolute Gasteiger partial charge is 0.573 e. The standard InChI is InChI=1S/C21H14F3N3O4/c22-21(23,24)30-15-9-7-13(8-10-15)20(28)25-16-5-2-1-4-14(16)12-18-26-19(27-31-18)17-6-3-11-29-17/h1-11H,12H2,(H,25,28). The summed E-state index contributed by atoms with van der Waals surface area (Å²) in [5.74, 6) is 0.194. The Kier molecular flexibility index (Phi) is 5.44. The maximum atomic E-state index is 12.5. The number of nitrogens with one attached hydrogen (secondary N) is 1. The van der Waals surface area contributed by atoms with Gasteiger partial charge in [-0.25, -0.2) is 0 Å². The van der Waals surface area contributed by atoms with Crippen molar-refractivity contribution >= 4 is 11.6 Å². The molecule has 0 saturated heterocycles. The van der Waals surface area contributed by atoms with E-state index in [9.17, 15) is 18.0 Å². The second-order valence-corrected chi connectivity index (χ2v) is 6.35. The molecule has 0 aliphatic rings. The van der Waals surface area contributed by atoms with Crippen LogP contribution in [0.3, 0.4) is 0 Å². The van der Waals surface area contributed by atoms with Crippen LogP contribution in [-0.4, -0.2) is 22.4 Å². The summed E-state index contributed by atoms with van der Waals surface area (Å²) in [6.07, 6.45) is -3.05. The summed E-state index contributed by atoms with van der Waals surface area (Å²) in [7, 11) is 0. The van der Waals surface area contributed by atoms with Gasteiger partial charge in [0, 0.05) is 11.3 Å². The molecule has 0 aliphatic heterocycles. The normalized spacial score (nSPS) is 11.3. The van der Waals surface area contributed by atoms with Gasteiger partial charge in [0.25, 0.3) is 5.91 Å². The van der Waals surface area contributed by atoms with E-state index in [1.165, 1.54) is 18.4 Å². The number of nitrogens with zero attached hydrogens (tertiary/aromatic N) is 2. The molecule has 31 heavy (non-hydrogen) atoms. The Bertz CT molecular complexity index is 1170. The Balaban J connectivity index is 1.47. The average Bonchev–Trinajstić information content (AvgIpc) is 3.40. The fraction of sp³-hybridized carbons (Fsp3) is 0.0952. The number of aromatic nitrogens is 2. The molecule has 0 radical (unpaired) electrons. The van der Waals surface area contributed by atoms with Gasteiger partial charge in [0.15, 0.2) is 5.76 Å². The summed E-state index contributed by atoms with van der Waals surface area (Å²) in [6, 6.07) is 15.0. The van der Waals surface area contributed by atoms with Gasteiger partial charge in [-0.1, -0.05) is 23.4 Å². The van der Waals surface area contributed by atoms with Crippen molar-refractivity contribution in [2.75, 3.05) is 5.32 Å². The molecule has 1 N–H and O–H groups in total. The van der Waals surface area contributed by atoms with Crippen molar-refractivity contribution in [3.05, 3.63) is 83.9 Å². The molecule has 4 rings (SSSR count). The van der Waals surface area contributed by atoms with E-state index in [0.29, 0.717) is 28.7 Å². The van der Waals surface area contributed by atoms with Crippen molar-refractivity contribution in [2.45, 2.75) is 12.8 Å².